The number of piperidine rings is 1. The number of carbonyl (C=O) groups is 3. The molecule has 4 aliphatic heterocycles. The number of rotatable bonds is 15. The van der Waals surface area contributed by atoms with E-state index in [1.54, 1.807) is 14.0 Å². The predicted octanol–water partition coefficient (Wildman–Crippen LogP) is 4.87. The van der Waals surface area contributed by atoms with Gasteiger partial charge in [0.1, 0.15) is 28.6 Å². The Morgan fingerprint density at radius 3 is 2.62 bits per heavy atom. The number of aromatic amines is 1. The van der Waals surface area contributed by atoms with Crippen molar-refractivity contribution in [2.75, 3.05) is 73.0 Å². The number of aryl methyl sites for hydroxylation is 1. The molecule has 394 valence electrons. The quantitative estimate of drug-likeness (QED) is 0.0466. The molecule has 0 radical (unpaired) electrons. The lowest BCUT2D eigenvalue weighted by atomic mass is 9.46. The number of ketones is 1. The average molecular weight is 1010 g/mol. The molecule has 7 N–H and O–H groups in total. The molecule has 7 aliphatic rings. The lowest BCUT2D eigenvalue weighted by Gasteiger charge is -2.63. The monoisotopic (exact) mass is 1010 g/mol. The van der Waals surface area contributed by atoms with Crippen molar-refractivity contribution in [1.29, 1.82) is 0 Å². The molecule has 2 bridgehead atoms. The van der Waals surface area contributed by atoms with Crippen molar-refractivity contribution in [3.05, 3.63) is 81.3 Å². The highest BCUT2D eigenvalue weighted by Crippen LogP contribution is 2.65. The Kier molecular flexibility index (Phi) is 15.1. The molecule has 16 nitrogen and oxygen atoms in total. The topological polar surface area (TPSA) is 238 Å². The van der Waals surface area contributed by atoms with E-state index in [0.29, 0.717) is 62.6 Å². The number of aromatic nitrogens is 1. The molecule has 2 aromatic carbocycles. The first kappa shape index (κ1) is 51.6. The molecule has 3 aromatic rings. The Balaban J connectivity index is 1.21. The second-order valence-electron chi connectivity index (χ2n) is 21.6. The van der Waals surface area contributed by atoms with E-state index in [9.17, 15) is 45.0 Å². The number of fused-ring (bicyclic) bond motifs is 11. The highest BCUT2D eigenvalue weighted by atomic mass is 16.6. The predicted molar refractivity (Wildman–Crippen MR) is 269 cm³/mol. The van der Waals surface area contributed by atoms with Gasteiger partial charge in [0.2, 0.25) is 5.76 Å². The summed E-state index contributed by atoms with van der Waals surface area (Å²) in [6.45, 7) is 3.08. The number of likely N-dealkylation sites (tertiary alicyclic amines) is 1. The van der Waals surface area contributed by atoms with E-state index in [0.717, 1.165) is 54.5 Å². The summed E-state index contributed by atoms with van der Waals surface area (Å²) in [4.78, 5) is 48.4. The summed E-state index contributed by atoms with van der Waals surface area (Å²) in [7, 11) is 1.70. The van der Waals surface area contributed by atoms with Crippen molar-refractivity contribution in [3.8, 4) is 17.2 Å². The summed E-state index contributed by atoms with van der Waals surface area (Å²) in [6, 6.07) is 5.97. The Morgan fingerprint density at radius 2 is 1.88 bits per heavy atom. The fourth-order valence-corrected chi connectivity index (χ4v) is 14.6. The van der Waals surface area contributed by atoms with Crippen LogP contribution in [0.4, 0.5) is 0 Å². The fraction of sp³-hybridized carbons (Fsp3) is 0.596. The molecule has 2 saturated carbocycles. The average Bonchev–Trinajstić information content (AvgIpc) is 4.04. The Morgan fingerprint density at radius 1 is 1.03 bits per heavy atom. The molecule has 5 heterocycles. The van der Waals surface area contributed by atoms with Crippen molar-refractivity contribution in [1.82, 2.24) is 9.88 Å². The number of aldehydes is 1. The highest BCUT2D eigenvalue weighted by Gasteiger charge is 2.70. The standard InChI is InChI=1S/C57H72N2O14/c1-3-70-55(67)54-43(29-64)47-37-21-39(28-63)50(66)41(23-37)40-22-35-10-14-58-46(35)24-34(40)8-7-32(27-62)31-71-52-42-25-56(73-51(42)44(30-65)53(72-54)48(47)52)13-9-33(12-18-61)49-36(6-4-17-60)20-38-26-59(15-5-19-69-2)16-11-45(38)57(49,56)68/h9-10,13-14,22,24,29,32-33,36,38-39,41,45,49,58,60-63,65,68H,3-8,11-12,15-21,23,25-28,30-31H2,1-2H3. The third-order valence-corrected chi connectivity index (χ3v) is 17.7. The minimum atomic E-state index is -1.55. The first-order chi connectivity index (χ1) is 35.5. The molecule has 3 fully saturated rings. The lowest BCUT2D eigenvalue weighted by molar-refractivity contribution is -0.241. The number of nitrogens with zero attached hydrogens (tertiary/aromatic N) is 1. The smallest absolute Gasteiger partial charge is 0.375 e. The second kappa shape index (κ2) is 21.4. The number of hydrogen-bond acceptors (Lipinski definition) is 15. The van der Waals surface area contributed by atoms with E-state index in [1.165, 1.54) is 0 Å². The van der Waals surface area contributed by atoms with Gasteiger partial charge in [0.05, 0.1) is 43.1 Å². The van der Waals surface area contributed by atoms with Crippen LogP contribution < -0.4 is 14.2 Å². The van der Waals surface area contributed by atoms with Crippen molar-refractivity contribution < 1.29 is 68.7 Å². The summed E-state index contributed by atoms with van der Waals surface area (Å²) in [5.74, 6) is -3.99. The van der Waals surface area contributed by atoms with Crippen LogP contribution in [0.15, 0.2) is 53.5 Å². The molecule has 73 heavy (non-hydrogen) atoms. The Hall–Kier alpha value is -4.91. The van der Waals surface area contributed by atoms with Gasteiger partial charge in [-0.15, -0.1) is 0 Å². The van der Waals surface area contributed by atoms with Gasteiger partial charge in [-0.3, -0.25) is 9.59 Å². The Bertz CT molecular complexity index is 2690. The van der Waals surface area contributed by atoms with E-state index in [2.05, 4.69) is 16.0 Å². The van der Waals surface area contributed by atoms with Crippen LogP contribution in [-0.2, 0) is 43.3 Å². The fourth-order valence-electron chi connectivity index (χ4n) is 14.6. The van der Waals surface area contributed by atoms with Crippen molar-refractivity contribution in [3.63, 3.8) is 0 Å². The van der Waals surface area contributed by atoms with Gasteiger partial charge >= 0.3 is 5.97 Å². The largest absolute Gasteiger partial charge is 0.492 e. The molecule has 1 saturated heterocycles. The van der Waals surface area contributed by atoms with Crippen LogP contribution in [-0.4, -0.2) is 143 Å². The van der Waals surface area contributed by atoms with Gasteiger partial charge in [0.15, 0.2) is 11.9 Å². The molecule has 16 heteroatoms. The summed E-state index contributed by atoms with van der Waals surface area (Å²) >= 11 is 0. The number of nitrogens with one attached hydrogen (secondary N) is 1. The number of benzene rings is 2. The van der Waals surface area contributed by atoms with E-state index >= 15 is 0 Å². The number of esters is 1. The highest BCUT2D eigenvalue weighted by molar-refractivity contribution is 6.11. The number of aliphatic hydroxyl groups is 6. The van der Waals surface area contributed by atoms with Crippen LogP contribution in [0.3, 0.4) is 0 Å². The van der Waals surface area contributed by atoms with Crippen LogP contribution >= 0.6 is 0 Å². The van der Waals surface area contributed by atoms with E-state index < -0.39 is 59.8 Å². The number of carbonyl (C=O) groups excluding carboxylic acids is 3. The van der Waals surface area contributed by atoms with Crippen LogP contribution in [0.2, 0.25) is 0 Å². The van der Waals surface area contributed by atoms with Gasteiger partial charge in [0.25, 0.3) is 0 Å². The normalized spacial score (nSPS) is 30.7. The number of allylic oxidation sites excluding steroid dienone is 4. The van der Waals surface area contributed by atoms with Crippen LogP contribution in [0, 0.1) is 41.4 Å². The summed E-state index contributed by atoms with van der Waals surface area (Å²) in [6.07, 6.45) is 11.5. The molecule has 1 spiro atoms. The zero-order valence-electron chi connectivity index (χ0n) is 42.1. The van der Waals surface area contributed by atoms with E-state index in [4.69, 9.17) is 23.7 Å². The SMILES string of the molecule is CCOC(=O)C1=C(C=O)C2=C3CC(CO)C(=O)C(C3)c3cc4cc[nH]c4cc3CCC(CO)COc3c4c(c(CO)c(c32)O1)OC1(C=CC(CCO)C2C(CCCO)CC3CN(CCCOC)CCC3C21O)C4. The van der Waals surface area contributed by atoms with Gasteiger partial charge in [-0.05, 0) is 142 Å². The molecule has 0 amide bonds. The van der Waals surface area contributed by atoms with Gasteiger partial charge in [-0.2, -0.15) is 0 Å². The summed E-state index contributed by atoms with van der Waals surface area (Å²) in [5.41, 5.74) is 1.21. The van der Waals surface area contributed by atoms with Gasteiger partial charge in [-0.1, -0.05) is 11.6 Å². The van der Waals surface area contributed by atoms with Crippen LogP contribution in [0.1, 0.15) is 98.4 Å². The molecular weight excluding hydrogens is 937 g/mol. The minimum absolute atomic E-state index is 0.00324. The molecule has 1 aromatic heterocycles. The van der Waals surface area contributed by atoms with Gasteiger partial charge in [-0.25, -0.2) is 4.79 Å². The number of Topliss-reactive ketones (excluding diaryl/α,β-unsaturated/α-hetero) is 1. The zero-order valence-corrected chi connectivity index (χ0v) is 42.1. The maximum atomic E-state index is 14.7. The second-order valence-corrected chi connectivity index (χ2v) is 21.6. The minimum Gasteiger partial charge on any atom is -0.492 e. The number of aliphatic hydroxyl groups excluding tert-OH is 5. The van der Waals surface area contributed by atoms with Gasteiger partial charge < -0.3 is 64.2 Å². The molecular formula is C57H72N2O14. The maximum Gasteiger partial charge on any atom is 0.375 e. The molecule has 10 unspecified atom stereocenters. The number of methoxy groups -OCH3 is 1. The molecule has 10 atom stereocenters. The summed E-state index contributed by atoms with van der Waals surface area (Å²) in [5, 5.41) is 69.9. The third-order valence-electron chi connectivity index (χ3n) is 17.7. The van der Waals surface area contributed by atoms with Crippen molar-refractivity contribution in [2.24, 2.45) is 41.4 Å². The van der Waals surface area contributed by atoms with Crippen molar-refractivity contribution in [2.45, 2.75) is 101 Å². The number of ether oxygens (including phenoxy) is 5. The van der Waals surface area contributed by atoms with Gasteiger partial charge in [0, 0.05) is 99.6 Å². The zero-order chi connectivity index (χ0) is 51.2. The Labute approximate surface area is 426 Å². The summed E-state index contributed by atoms with van der Waals surface area (Å²) < 4.78 is 32.1. The van der Waals surface area contributed by atoms with Crippen LogP contribution in [0.25, 0.3) is 16.5 Å². The van der Waals surface area contributed by atoms with Crippen molar-refractivity contribution >= 4 is 34.5 Å². The lowest BCUT2D eigenvalue weighted by Crippen LogP contribution is -2.73. The number of H-pyrrole nitrogens is 1. The first-order valence-electron chi connectivity index (χ1n) is 26.6. The molecule has 10 rings (SSSR count). The number of hydrogen-bond donors (Lipinski definition) is 7. The van der Waals surface area contributed by atoms with E-state index in [1.807, 2.05) is 30.5 Å². The maximum absolute atomic E-state index is 14.7. The first-order valence-corrected chi connectivity index (χ1v) is 26.6. The third kappa shape index (κ3) is 8.76. The molecule has 3 aliphatic carbocycles. The van der Waals surface area contributed by atoms with E-state index in [-0.39, 0.29) is 121 Å². The van der Waals surface area contributed by atoms with Crippen LogP contribution in [0.5, 0.6) is 17.2 Å².